The number of rotatable bonds is 4. The monoisotopic (exact) mass is 316 g/mol. The molecule has 1 aromatic carbocycles. The molecule has 0 saturated carbocycles. The molecule has 3 nitrogen and oxygen atoms in total. The Labute approximate surface area is 132 Å². The molecule has 1 aliphatic rings. The minimum Gasteiger partial charge on any atom is -0.354 e. The molecule has 0 bridgehead atoms. The van der Waals surface area contributed by atoms with Gasteiger partial charge in [0, 0.05) is 12.0 Å². The minimum absolute atomic E-state index is 0. The second-order valence-corrected chi connectivity index (χ2v) is 5.63. The van der Waals surface area contributed by atoms with Crippen LogP contribution in [0.5, 0.6) is 0 Å². The molecule has 1 heterocycles. The molecule has 0 radical (unpaired) electrons. The van der Waals surface area contributed by atoms with E-state index in [0.717, 1.165) is 25.9 Å². The molecule has 0 unspecified atom stereocenters. The fraction of sp³-hybridized carbons (Fsp3) is 0.533. The molecule has 1 saturated heterocycles. The third kappa shape index (κ3) is 4.11. The molecule has 1 N–H and O–H groups in total. The van der Waals surface area contributed by atoms with Gasteiger partial charge in [-0.25, -0.2) is 0 Å². The maximum Gasteiger partial charge on any atom is 0.234 e. The highest BCUT2D eigenvalue weighted by molar-refractivity contribution is 6.27. The highest BCUT2D eigenvalue weighted by Gasteiger charge is 2.35. The minimum atomic E-state index is -0.0871. The smallest absolute Gasteiger partial charge is 0.234 e. The number of carbonyl (C=O) groups excluding carboxylic acids is 1. The summed E-state index contributed by atoms with van der Waals surface area (Å²) >= 11 is 5.56. The highest BCUT2D eigenvalue weighted by atomic mass is 35.5. The zero-order valence-corrected chi connectivity index (χ0v) is 13.3. The second kappa shape index (κ2) is 7.87. The maximum absolute atomic E-state index is 11.4. The van der Waals surface area contributed by atoms with E-state index >= 15 is 0 Å². The van der Waals surface area contributed by atoms with Gasteiger partial charge in [-0.3, -0.25) is 4.79 Å². The Balaban J connectivity index is 0.00000200. The molecular formula is C15H22Cl2N2O. The first-order chi connectivity index (χ1) is 9.16. The molecule has 1 amide bonds. The maximum atomic E-state index is 11.4. The van der Waals surface area contributed by atoms with Crippen LogP contribution in [-0.4, -0.2) is 43.4 Å². The summed E-state index contributed by atoms with van der Waals surface area (Å²) in [6, 6.07) is 10.5. The lowest BCUT2D eigenvalue weighted by molar-refractivity contribution is -0.119. The van der Waals surface area contributed by atoms with Gasteiger partial charge in [0.05, 0.1) is 0 Å². The lowest BCUT2D eigenvalue weighted by Crippen LogP contribution is -2.48. The molecule has 20 heavy (non-hydrogen) atoms. The third-order valence-corrected chi connectivity index (χ3v) is 4.32. The molecular weight excluding hydrogens is 295 g/mol. The molecule has 1 fully saturated rings. The highest BCUT2D eigenvalue weighted by Crippen LogP contribution is 2.34. The molecule has 0 aromatic heterocycles. The van der Waals surface area contributed by atoms with E-state index in [-0.39, 0.29) is 29.6 Å². The standard InChI is InChI=1S/C15H21ClN2O.ClH/c1-18-9-7-15(8-10-18,12-17-14(19)11-16)13-5-3-2-4-6-13;/h2-6H,7-12H2,1H3,(H,17,19);1H. The second-order valence-electron chi connectivity index (χ2n) is 5.36. The van der Waals surface area contributed by atoms with Crippen LogP contribution in [0.2, 0.25) is 0 Å². The molecule has 0 atom stereocenters. The van der Waals surface area contributed by atoms with E-state index < -0.39 is 0 Å². The molecule has 2 rings (SSSR count). The van der Waals surface area contributed by atoms with Crippen molar-refractivity contribution in [3.05, 3.63) is 35.9 Å². The van der Waals surface area contributed by atoms with Crippen LogP contribution in [0.25, 0.3) is 0 Å². The van der Waals surface area contributed by atoms with Gasteiger partial charge in [-0.15, -0.1) is 24.0 Å². The van der Waals surface area contributed by atoms with E-state index in [1.807, 2.05) is 6.07 Å². The number of benzene rings is 1. The van der Waals surface area contributed by atoms with Gasteiger partial charge in [-0.1, -0.05) is 30.3 Å². The SMILES string of the molecule is CN1CCC(CNC(=O)CCl)(c2ccccc2)CC1.Cl. The van der Waals surface area contributed by atoms with Gasteiger partial charge >= 0.3 is 0 Å². The number of hydrogen-bond acceptors (Lipinski definition) is 2. The summed E-state index contributed by atoms with van der Waals surface area (Å²) in [7, 11) is 2.15. The van der Waals surface area contributed by atoms with E-state index in [0.29, 0.717) is 6.54 Å². The number of likely N-dealkylation sites (tertiary alicyclic amines) is 1. The zero-order chi connectivity index (χ0) is 13.7. The largest absolute Gasteiger partial charge is 0.354 e. The molecule has 0 spiro atoms. The van der Waals surface area contributed by atoms with Crippen molar-refractivity contribution in [2.75, 3.05) is 32.6 Å². The van der Waals surface area contributed by atoms with E-state index in [9.17, 15) is 4.79 Å². The molecule has 5 heteroatoms. The van der Waals surface area contributed by atoms with Crippen molar-refractivity contribution in [1.29, 1.82) is 0 Å². The number of nitrogens with one attached hydrogen (secondary N) is 1. The van der Waals surface area contributed by atoms with Gasteiger partial charge in [0.15, 0.2) is 0 Å². The van der Waals surface area contributed by atoms with Crippen molar-refractivity contribution in [3.8, 4) is 0 Å². The van der Waals surface area contributed by atoms with E-state index in [1.165, 1.54) is 5.56 Å². The lowest BCUT2D eigenvalue weighted by atomic mass is 9.72. The van der Waals surface area contributed by atoms with Crippen LogP contribution >= 0.6 is 24.0 Å². The topological polar surface area (TPSA) is 32.3 Å². The quantitative estimate of drug-likeness (QED) is 0.865. The van der Waals surface area contributed by atoms with Crippen molar-refractivity contribution in [3.63, 3.8) is 0 Å². The normalized spacial score (nSPS) is 18.1. The third-order valence-electron chi connectivity index (χ3n) is 4.08. The Morgan fingerprint density at radius 1 is 1.30 bits per heavy atom. The van der Waals surface area contributed by atoms with Gasteiger partial charge < -0.3 is 10.2 Å². The summed E-state index contributed by atoms with van der Waals surface area (Å²) in [6.45, 7) is 2.80. The summed E-state index contributed by atoms with van der Waals surface area (Å²) < 4.78 is 0. The number of alkyl halides is 1. The Morgan fingerprint density at radius 2 is 1.90 bits per heavy atom. The van der Waals surface area contributed by atoms with Crippen LogP contribution in [0, 0.1) is 0 Å². The molecule has 0 aliphatic carbocycles. The van der Waals surface area contributed by atoms with Crippen LogP contribution in [0.1, 0.15) is 18.4 Å². The predicted octanol–water partition coefficient (Wildman–Crippen LogP) is 2.43. The Kier molecular flexibility index (Phi) is 6.80. The summed E-state index contributed by atoms with van der Waals surface area (Å²) in [6.07, 6.45) is 2.13. The van der Waals surface area contributed by atoms with Crippen molar-refractivity contribution in [2.24, 2.45) is 0 Å². The number of amides is 1. The first kappa shape index (κ1) is 17.3. The number of hydrogen-bond donors (Lipinski definition) is 1. The van der Waals surface area contributed by atoms with Crippen molar-refractivity contribution < 1.29 is 4.79 Å². The van der Waals surface area contributed by atoms with Crippen molar-refractivity contribution >= 4 is 29.9 Å². The molecule has 1 aromatic rings. The lowest BCUT2D eigenvalue weighted by Gasteiger charge is -2.41. The van der Waals surface area contributed by atoms with Gasteiger partial charge in [-0.05, 0) is 38.5 Å². The van der Waals surface area contributed by atoms with Gasteiger partial charge in [0.1, 0.15) is 5.88 Å². The zero-order valence-electron chi connectivity index (χ0n) is 11.8. The number of piperidine rings is 1. The van der Waals surface area contributed by atoms with Gasteiger partial charge in [0.25, 0.3) is 0 Å². The average Bonchev–Trinajstić information content (AvgIpc) is 2.47. The van der Waals surface area contributed by atoms with Gasteiger partial charge in [-0.2, -0.15) is 0 Å². The predicted molar refractivity (Wildman–Crippen MR) is 85.8 cm³/mol. The average molecular weight is 317 g/mol. The fourth-order valence-electron chi connectivity index (χ4n) is 2.72. The van der Waals surface area contributed by atoms with Crippen LogP contribution in [0.15, 0.2) is 30.3 Å². The van der Waals surface area contributed by atoms with E-state index in [2.05, 4.69) is 41.5 Å². The number of carbonyl (C=O) groups is 1. The van der Waals surface area contributed by atoms with Crippen molar-refractivity contribution in [2.45, 2.75) is 18.3 Å². The molecule has 1 aliphatic heterocycles. The summed E-state index contributed by atoms with van der Waals surface area (Å²) in [5.41, 5.74) is 1.37. The molecule has 112 valence electrons. The summed E-state index contributed by atoms with van der Waals surface area (Å²) in [5.74, 6) is -0.0546. The Bertz CT molecular complexity index is 417. The summed E-state index contributed by atoms with van der Waals surface area (Å²) in [4.78, 5) is 13.8. The van der Waals surface area contributed by atoms with Crippen LogP contribution < -0.4 is 5.32 Å². The van der Waals surface area contributed by atoms with Crippen LogP contribution in [0.4, 0.5) is 0 Å². The Morgan fingerprint density at radius 3 is 2.45 bits per heavy atom. The van der Waals surface area contributed by atoms with Gasteiger partial charge in [0.2, 0.25) is 5.91 Å². The fourth-order valence-corrected chi connectivity index (χ4v) is 2.82. The first-order valence-electron chi connectivity index (χ1n) is 6.73. The summed E-state index contributed by atoms with van der Waals surface area (Å²) in [5, 5.41) is 2.97. The first-order valence-corrected chi connectivity index (χ1v) is 7.26. The Hall–Kier alpha value is -0.770. The van der Waals surface area contributed by atoms with Crippen LogP contribution in [-0.2, 0) is 10.2 Å². The van der Waals surface area contributed by atoms with E-state index in [1.54, 1.807) is 0 Å². The number of nitrogens with zero attached hydrogens (tertiary/aromatic N) is 1. The number of halogens is 2. The van der Waals surface area contributed by atoms with E-state index in [4.69, 9.17) is 11.6 Å². The van der Waals surface area contributed by atoms with Crippen molar-refractivity contribution in [1.82, 2.24) is 10.2 Å². The van der Waals surface area contributed by atoms with Crippen LogP contribution in [0.3, 0.4) is 0 Å².